The van der Waals surface area contributed by atoms with Crippen LogP contribution in [0.1, 0.15) is 18.9 Å². The lowest BCUT2D eigenvalue weighted by Gasteiger charge is -2.26. The van der Waals surface area contributed by atoms with Gasteiger partial charge in [0.2, 0.25) is 0 Å². The van der Waals surface area contributed by atoms with Gasteiger partial charge in [-0.3, -0.25) is 4.79 Å². The zero-order valence-electron chi connectivity index (χ0n) is 16.5. The predicted molar refractivity (Wildman–Crippen MR) is 110 cm³/mol. The number of ether oxygens (including phenoxy) is 3. The van der Waals surface area contributed by atoms with Crippen molar-refractivity contribution in [3.63, 3.8) is 0 Å². The van der Waals surface area contributed by atoms with Crippen molar-refractivity contribution in [2.24, 2.45) is 0 Å². The molecular weight excluding hydrogens is 370 g/mol. The number of esters is 1. The van der Waals surface area contributed by atoms with E-state index < -0.39 is 5.97 Å². The summed E-state index contributed by atoms with van der Waals surface area (Å²) in [5, 5.41) is 0. The third-order valence-corrected chi connectivity index (χ3v) is 4.55. The van der Waals surface area contributed by atoms with Gasteiger partial charge >= 0.3 is 5.97 Å². The molecule has 1 aliphatic rings. The molecule has 3 rings (SSSR count). The average Bonchev–Trinajstić information content (AvgIpc) is 2.78. The summed E-state index contributed by atoms with van der Waals surface area (Å²) in [4.78, 5) is 25.8. The third kappa shape index (κ3) is 6.10. The van der Waals surface area contributed by atoms with E-state index in [1.807, 2.05) is 31.2 Å². The largest absolute Gasteiger partial charge is 0.494 e. The van der Waals surface area contributed by atoms with Crippen molar-refractivity contribution >= 4 is 17.4 Å². The van der Waals surface area contributed by atoms with Crippen LogP contribution >= 0.6 is 0 Å². The lowest BCUT2D eigenvalue weighted by Crippen LogP contribution is -2.38. The molecule has 1 aliphatic heterocycles. The van der Waals surface area contributed by atoms with E-state index in [9.17, 15) is 9.59 Å². The summed E-state index contributed by atoms with van der Waals surface area (Å²) in [6.45, 7) is 3.09. The smallest absolute Gasteiger partial charge is 0.344 e. The van der Waals surface area contributed by atoms with E-state index in [1.54, 1.807) is 29.2 Å². The summed E-state index contributed by atoms with van der Waals surface area (Å²) < 4.78 is 15.8. The second-order valence-electron chi connectivity index (χ2n) is 6.54. The molecule has 29 heavy (non-hydrogen) atoms. The Bertz CT molecular complexity index is 845. The van der Waals surface area contributed by atoms with Crippen LogP contribution in [0.15, 0.2) is 60.7 Å². The van der Waals surface area contributed by atoms with Gasteiger partial charge in [0, 0.05) is 13.1 Å². The normalized spacial score (nSPS) is 13.4. The highest BCUT2D eigenvalue weighted by molar-refractivity contribution is 5.82. The summed E-state index contributed by atoms with van der Waals surface area (Å²) in [6, 6.07) is 17.1. The van der Waals surface area contributed by atoms with Crippen LogP contribution in [0.25, 0.3) is 5.57 Å². The van der Waals surface area contributed by atoms with Gasteiger partial charge in [-0.1, -0.05) is 36.4 Å². The van der Waals surface area contributed by atoms with E-state index in [4.69, 9.17) is 14.2 Å². The summed E-state index contributed by atoms with van der Waals surface area (Å²) in [5.74, 6) is 0.484. The summed E-state index contributed by atoms with van der Waals surface area (Å²) in [7, 11) is 0. The lowest BCUT2D eigenvalue weighted by molar-refractivity contribution is -0.153. The number of carbonyl (C=O) groups is 2. The number of amides is 1. The first kappa shape index (κ1) is 20.5. The number of hydrogen-bond acceptors (Lipinski definition) is 5. The molecule has 6 heteroatoms. The minimum absolute atomic E-state index is 0.206. The highest BCUT2D eigenvalue weighted by Crippen LogP contribution is 2.22. The van der Waals surface area contributed by atoms with E-state index in [-0.39, 0.29) is 19.1 Å². The van der Waals surface area contributed by atoms with Crippen molar-refractivity contribution in [2.45, 2.75) is 13.3 Å². The van der Waals surface area contributed by atoms with Gasteiger partial charge in [-0.2, -0.15) is 0 Å². The molecule has 0 unspecified atom stereocenters. The molecule has 2 aromatic rings. The summed E-state index contributed by atoms with van der Waals surface area (Å²) in [6.07, 6.45) is 2.83. The fourth-order valence-corrected chi connectivity index (χ4v) is 3.03. The lowest BCUT2D eigenvalue weighted by atomic mass is 10.00. The van der Waals surface area contributed by atoms with Crippen molar-refractivity contribution < 1.29 is 23.8 Å². The third-order valence-electron chi connectivity index (χ3n) is 4.55. The molecule has 152 valence electrons. The van der Waals surface area contributed by atoms with Gasteiger partial charge in [0.1, 0.15) is 11.5 Å². The molecule has 0 aromatic heterocycles. The van der Waals surface area contributed by atoms with Crippen molar-refractivity contribution in [1.29, 1.82) is 0 Å². The van der Waals surface area contributed by atoms with Gasteiger partial charge in [-0.25, -0.2) is 4.79 Å². The Morgan fingerprint density at radius 3 is 2.24 bits per heavy atom. The first-order valence-electron chi connectivity index (χ1n) is 9.69. The quantitative estimate of drug-likeness (QED) is 0.642. The van der Waals surface area contributed by atoms with Gasteiger partial charge in [-0.15, -0.1) is 0 Å². The molecule has 0 fully saturated rings. The standard InChI is InChI=1S/C23H25NO5/c1-2-27-20-8-10-21(11-9-20)28-17-23(26)29-16-22(25)24-14-12-19(13-15-24)18-6-4-3-5-7-18/h3-12H,2,13-17H2,1H3. The van der Waals surface area contributed by atoms with Gasteiger partial charge in [0.15, 0.2) is 13.2 Å². The van der Waals surface area contributed by atoms with Gasteiger partial charge in [-0.05, 0) is 48.7 Å². The zero-order valence-corrected chi connectivity index (χ0v) is 16.5. The Morgan fingerprint density at radius 1 is 0.931 bits per heavy atom. The van der Waals surface area contributed by atoms with Gasteiger partial charge in [0.25, 0.3) is 5.91 Å². The maximum Gasteiger partial charge on any atom is 0.344 e. The first-order valence-corrected chi connectivity index (χ1v) is 9.69. The predicted octanol–water partition coefficient (Wildman–Crippen LogP) is 3.32. The average molecular weight is 395 g/mol. The molecule has 0 N–H and O–H groups in total. The van der Waals surface area contributed by atoms with E-state index in [0.717, 1.165) is 12.2 Å². The SMILES string of the molecule is CCOc1ccc(OCC(=O)OCC(=O)N2CC=C(c3ccccc3)CC2)cc1. The molecule has 0 spiro atoms. The maximum atomic E-state index is 12.3. The number of nitrogens with zero attached hydrogens (tertiary/aromatic N) is 1. The minimum atomic E-state index is -0.579. The zero-order chi connectivity index (χ0) is 20.5. The van der Waals surface area contributed by atoms with Gasteiger partial charge < -0.3 is 19.1 Å². The van der Waals surface area contributed by atoms with Crippen molar-refractivity contribution in [3.8, 4) is 11.5 Å². The summed E-state index contributed by atoms with van der Waals surface area (Å²) >= 11 is 0. The van der Waals surface area contributed by atoms with E-state index in [2.05, 4.69) is 12.1 Å². The molecule has 0 radical (unpaired) electrons. The molecule has 2 aromatic carbocycles. The van der Waals surface area contributed by atoms with E-state index in [1.165, 1.54) is 11.1 Å². The van der Waals surface area contributed by atoms with Crippen LogP contribution in [0.2, 0.25) is 0 Å². The topological polar surface area (TPSA) is 65.1 Å². The molecule has 1 heterocycles. The molecule has 1 amide bonds. The van der Waals surface area contributed by atoms with Gasteiger partial charge in [0.05, 0.1) is 6.61 Å². The molecule has 0 saturated heterocycles. The number of benzene rings is 2. The Labute approximate surface area is 170 Å². The fourth-order valence-electron chi connectivity index (χ4n) is 3.03. The Hall–Kier alpha value is -3.28. The first-order chi connectivity index (χ1) is 14.2. The highest BCUT2D eigenvalue weighted by Gasteiger charge is 2.19. The molecule has 0 saturated carbocycles. The second kappa shape index (κ2) is 10.3. The Kier molecular flexibility index (Phi) is 7.28. The highest BCUT2D eigenvalue weighted by atomic mass is 16.6. The molecule has 0 aliphatic carbocycles. The summed E-state index contributed by atoms with van der Waals surface area (Å²) in [5.41, 5.74) is 2.41. The van der Waals surface area contributed by atoms with E-state index in [0.29, 0.717) is 25.4 Å². The van der Waals surface area contributed by atoms with Crippen LogP contribution in [0, 0.1) is 0 Å². The minimum Gasteiger partial charge on any atom is -0.494 e. The Balaban J connectivity index is 1.39. The van der Waals surface area contributed by atoms with Crippen LogP contribution in [0.4, 0.5) is 0 Å². The monoisotopic (exact) mass is 395 g/mol. The van der Waals surface area contributed by atoms with Crippen LogP contribution in [-0.4, -0.2) is 49.7 Å². The molecule has 0 atom stereocenters. The van der Waals surface area contributed by atoms with Crippen LogP contribution < -0.4 is 9.47 Å². The maximum absolute atomic E-state index is 12.3. The van der Waals surface area contributed by atoms with Crippen molar-refractivity contribution in [1.82, 2.24) is 4.90 Å². The van der Waals surface area contributed by atoms with Crippen LogP contribution in [-0.2, 0) is 14.3 Å². The van der Waals surface area contributed by atoms with Crippen LogP contribution in [0.5, 0.6) is 11.5 Å². The Morgan fingerprint density at radius 2 is 1.62 bits per heavy atom. The fraction of sp³-hybridized carbons (Fsp3) is 0.304. The number of carbonyl (C=O) groups excluding carboxylic acids is 2. The number of rotatable bonds is 8. The van der Waals surface area contributed by atoms with Crippen molar-refractivity contribution in [2.75, 3.05) is 32.9 Å². The number of hydrogen-bond donors (Lipinski definition) is 0. The van der Waals surface area contributed by atoms with Crippen LogP contribution in [0.3, 0.4) is 0 Å². The second-order valence-corrected chi connectivity index (χ2v) is 6.54. The van der Waals surface area contributed by atoms with E-state index >= 15 is 0 Å². The molecule has 0 bridgehead atoms. The van der Waals surface area contributed by atoms with Crippen molar-refractivity contribution in [3.05, 3.63) is 66.2 Å². The molecular formula is C23H25NO5. The molecule has 6 nitrogen and oxygen atoms in total.